The SMILES string of the molecule is CCCCNCC(C)N1CCC(COC)C1. The summed E-state index contributed by atoms with van der Waals surface area (Å²) in [5.41, 5.74) is 0. The third kappa shape index (κ3) is 4.81. The Kier molecular flexibility index (Phi) is 7.01. The minimum absolute atomic E-state index is 0.665. The molecule has 0 aliphatic carbocycles. The summed E-state index contributed by atoms with van der Waals surface area (Å²) >= 11 is 0. The first kappa shape index (κ1) is 13.9. The normalized spacial score (nSPS) is 23.8. The van der Waals surface area contributed by atoms with Crippen LogP contribution in [0.15, 0.2) is 0 Å². The average Bonchev–Trinajstić information content (AvgIpc) is 2.73. The van der Waals surface area contributed by atoms with Crippen molar-refractivity contribution in [2.24, 2.45) is 5.92 Å². The molecule has 1 saturated heterocycles. The minimum atomic E-state index is 0.665. The maximum atomic E-state index is 5.22. The van der Waals surface area contributed by atoms with Crippen LogP contribution in [0.2, 0.25) is 0 Å². The fraction of sp³-hybridized carbons (Fsp3) is 1.00. The highest BCUT2D eigenvalue weighted by atomic mass is 16.5. The maximum absolute atomic E-state index is 5.22. The van der Waals surface area contributed by atoms with Crippen LogP contribution in [0.25, 0.3) is 0 Å². The highest BCUT2D eigenvalue weighted by molar-refractivity contribution is 4.80. The summed E-state index contributed by atoms with van der Waals surface area (Å²) < 4.78 is 5.22. The van der Waals surface area contributed by atoms with Crippen molar-refractivity contribution in [3.63, 3.8) is 0 Å². The molecular formula is C13H28N2O. The van der Waals surface area contributed by atoms with E-state index in [4.69, 9.17) is 4.74 Å². The van der Waals surface area contributed by atoms with Crippen LogP contribution in [-0.4, -0.2) is 50.8 Å². The van der Waals surface area contributed by atoms with Crippen molar-refractivity contribution >= 4 is 0 Å². The molecule has 1 aliphatic heterocycles. The van der Waals surface area contributed by atoms with Gasteiger partial charge in [-0.15, -0.1) is 0 Å². The first-order valence-corrected chi connectivity index (χ1v) is 6.71. The van der Waals surface area contributed by atoms with Crippen LogP contribution in [0.4, 0.5) is 0 Å². The van der Waals surface area contributed by atoms with Crippen molar-refractivity contribution in [2.75, 3.05) is 39.9 Å². The fourth-order valence-corrected chi connectivity index (χ4v) is 2.38. The number of likely N-dealkylation sites (tertiary alicyclic amines) is 1. The predicted molar refractivity (Wildman–Crippen MR) is 68.8 cm³/mol. The molecule has 0 radical (unpaired) electrons. The summed E-state index contributed by atoms with van der Waals surface area (Å²) in [6.45, 7) is 10.2. The van der Waals surface area contributed by atoms with Gasteiger partial charge in [0.2, 0.25) is 0 Å². The van der Waals surface area contributed by atoms with Crippen molar-refractivity contribution in [1.29, 1.82) is 0 Å². The maximum Gasteiger partial charge on any atom is 0.0503 e. The van der Waals surface area contributed by atoms with Gasteiger partial charge in [0, 0.05) is 26.2 Å². The van der Waals surface area contributed by atoms with E-state index in [-0.39, 0.29) is 0 Å². The smallest absolute Gasteiger partial charge is 0.0503 e. The molecule has 16 heavy (non-hydrogen) atoms. The molecule has 2 unspecified atom stereocenters. The Hall–Kier alpha value is -0.120. The monoisotopic (exact) mass is 228 g/mol. The molecule has 0 bridgehead atoms. The molecule has 1 heterocycles. The number of nitrogens with one attached hydrogen (secondary N) is 1. The van der Waals surface area contributed by atoms with E-state index in [9.17, 15) is 0 Å². The van der Waals surface area contributed by atoms with Crippen molar-refractivity contribution in [1.82, 2.24) is 10.2 Å². The van der Waals surface area contributed by atoms with E-state index >= 15 is 0 Å². The highest BCUT2D eigenvalue weighted by Crippen LogP contribution is 2.18. The molecule has 0 amide bonds. The van der Waals surface area contributed by atoms with Gasteiger partial charge in [0.05, 0.1) is 6.61 Å². The molecule has 1 N–H and O–H groups in total. The molecule has 2 atom stereocenters. The number of unbranched alkanes of at least 4 members (excludes halogenated alkanes) is 1. The van der Waals surface area contributed by atoms with E-state index in [1.54, 1.807) is 7.11 Å². The van der Waals surface area contributed by atoms with Gasteiger partial charge in [-0.1, -0.05) is 13.3 Å². The van der Waals surface area contributed by atoms with Gasteiger partial charge in [-0.25, -0.2) is 0 Å². The summed E-state index contributed by atoms with van der Waals surface area (Å²) in [4.78, 5) is 2.59. The van der Waals surface area contributed by atoms with Gasteiger partial charge in [-0.2, -0.15) is 0 Å². The van der Waals surface area contributed by atoms with Gasteiger partial charge in [0.15, 0.2) is 0 Å². The lowest BCUT2D eigenvalue weighted by Crippen LogP contribution is -2.39. The third-order valence-electron chi connectivity index (χ3n) is 3.49. The Morgan fingerprint density at radius 3 is 3.00 bits per heavy atom. The Bertz CT molecular complexity index is 175. The van der Waals surface area contributed by atoms with E-state index in [1.807, 2.05) is 0 Å². The Morgan fingerprint density at radius 2 is 2.31 bits per heavy atom. The Morgan fingerprint density at radius 1 is 1.50 bits per heavy atom. The third-order valence-corrected chi connectivity index (χ3v) is 3.49. The molecule has 0 aromatic heterocycles. The van der Waals surface area contributed by atoms with Gasteiger partial charge >= 0.3 is 0 Å². The first-order chi connectivity index (χ1) is 7.77. The topological polar surface area (TPSA) is 24.5 Å². The molecule has 0 saturated carbocycles. The van der Waals surface area contributed by atoms with E-state index < -0.39 is 0 Å². The summed E-state index contributed by atoms with van der Waals surface area (Å²) in [7, 11) is 1.80. The largest absolute Gasteiger partial charge is 0.384 e. The van der Waals surface area contributed by atoms with Crippen molar-refractivity contribution in [3.05, 3.63) is 0 Å². The quantitative estimate of drug-likeness (QED) is 0.640. The summed E-state index contributed by atoms with van der Waals surface area (Å²) in [6.07, 6.45) is 3.87. The van der Waals surface area contributed by atoms with Gasteiger partial charge in [0.1, 0.15) is 0 Å². The zero-order chi connectivity index (χ0) is 11.8. The number of hydrogen-bond acceptors (Lipinski definition) is 3. The molecule has 0 aromatic carbocycles. The fourth-order valence-electron chi connectivity index (χ4n) is 2.38. The summed E-state index contributed by atoms with van der Waals surface area (Å²) in [5.74, 6) is 0.753. The second kappa shape index (κ2) is 8.04. The van der Waals surface area contributed by atoms with Crippen LogP contribution in [0.1, 0.15) is 33.1 Å². The van der Waals surface area contributed by atoms with Crippen LogP contribution in [-0.2, 0) is 4.74 Å². The second-order valence-electron chi connectivity index (χ2n) is 5.01. The average molecular weight is 228 g/mol. The van der Waals surface area contributed by atoms with Gasteiger partial charge in [-0.05, 0) is 38.8 Å². The van der Waals surface area contributed by atoms with Crippen LogP contribution < -0.4 is 5.32 Å². The highest BCUT2D eigenvalue weighted by Gasteiger charge is 2.25. The van der Waals surface area contributed by atoms with E-state index in [0.29, 0.717) is 6.04 Å². The zero-order valence-electron chi connectivity index (χ0n) is 11.2. The predicted octanol–water partition coefficient (Wildman–Crippen LogP) is 1.73. The molecule has 0 aromatic rings. The molecule has 1 aliphatic rings. The summed E-state index contributed by atoms with van der Waals surface area (Å²) in [5, 5.41) is 3.54. The Labute approximate surface area is 101 Å². The standard InChI is InChI=1S/C13H28N2O/c1-4-5-7-14-9-12(2)15-8-6-13(10-15)11-16-3/h12-14H,4-11H2,1-3H3. The lowest BCUT2D eigenvalue weighted by molar-refractivity contribution is 0.148. The van der Waals surface area contributed by atoms with Crippen molar-refractivity contribution in [3.8, 4) is 0 Å². The number of methoxy groups -OCH3 is 1. The molecular weight excluding hydrogens is 200 g/mol. The first-order valence-electron chi connectivity index (χ1n) is 6.71. The molecule has 3 heteroatoms. The molecule has 96 valence electrons. The minimum Gasteiger partial charge on any atom is -0.384 e. The molecule has 3 nitrogen and oxygen atoms in total. The van der Waals surface area contributed by atoms with E-state index in [2.05, 4.69) is 24.1 Å². The van der Waals surface area contributed by atoms with Gasteiger partial charge in [-0.3, -0.25) is 4.90 Å². The van der Waals surface area contributed by atoms with Crippen molar-refractivity contribution < 1.29 is 4.74 Å². The Balaban J connectivity index is 2.10. The number of rotatable bonds is 8. The number of hydrogen-bond donors (Lipinski definition) is 1. The van der Waals surface area contributed by atoms with Crippen LogP contribution in [0.5, 0.6) is 0 Å². The molecule has 0 spiro atoms. The van der Waals surface area contributed by atoms with Crippen LogP contribution in [0, 0.1) is 5.92 Å². The summed E-state index contributed by atoms with van der Waals surface area (Å²) in [6, 6.07) is 0.665. The van der Waals surface area contributed by atoms with Gasteiger partial charge < -0.3 is 10.1 Å². The number of nitrogens with zero attached hydrogens (tertiary/aromatic N) is 1. The second-order valence-corrected chi connectivity index (χ2v) is 5.01. The van der Waals surface area contributed by atoms with Gasteiger partial charge in [0.25, 0.3) is 0 Å². The molecule has 1 rings (SSSR count). The lowest BCUT2D eigenvalue weighted by atomic mass is 10.1. The van der Waals surface area contributed by atoms with Crippen molar-refractivity contribution in [2.45, 2.75) is 39.2 Å². The van der Waals surface area contributed by atoms with E-state index in [1.165, 1.54) is 32.4 Å². The van der Waals surface area contributed by atoms with Crippen LogP contribution in [0.3, 0.4) is 0 Å². The van der Waals surface area contributed by atoms with Crippen LogP contribution >= 0.6 is 0 Å². The zero-order valence-corrected chi connectivity index (χ0v) is 11.2. The lowest BCUT2D eigenvalue weighted by Gasteiger charge is -2.24. The molecule has 1 fully saturated rings. The van der Waals surface area contributed by atoms with E-state index in [0.717, 1.165) is 25.6 Å². The number of ether oxygens (including phenoxy) is 1.